The van der Waals surface area contributed by atoms with Crippen molar-refractivity contribution in [3.63, 3.8) is 0 Å². The molecule has 0 atom stereocenters. The SMILES string of the molecule is O=C(COC(=O)c1cc([N+](=O)[O-])ccc1N1CCCC1)NCCOc1ccccc1. The molecule has 1 aliphatic heterocycles. The molecule has 158 valence electrons. The van der Waals surface area contributed by atoms with Gasteiger partial charge < -0.3 is 19.7 Å². The molecule has 9 heteroatoms. The topological polar surface area (TPSA) is 111 Å². The number of nitro benzene ring substituents is 1. The number of esters is 1. The third kappa shape index (κ3) is 5.69. The fraction of sp³-hybridized carbons (Fsp3) is 0.333. The van der Waals surface area contributed by atoms with E-state index < -0.39 is 23.4 Å². The molecule has 0 saturated carbocycles. The lowest BCUT2D eigenvalue weighted by molar-refractivity contribution is -0.384. The number of nitro groups is 1. The Balaban J connectivity index is 1.52. The molecule has 1 aliphatic rings. The molecule has 0 bridgehead atoms. The maximum Gasteiger partial charge on any atom is 0.341 e. The first-order chi connectivity index (χ1) is 14.5. The fourth-order valence-corrected chi connectivity index (χ4v) is 3.17. The van der Waals surface area contributed by atoms with Crippen molar-refractivity contribution in [3.05, 3.63) is 64.2 Å². The molecule has 3 rings (SSSR count). The predicted molar refractivity (Wildman–Crippen MR) is 110 cm³/mol. The molecule has 1 saturated heterocycles. The van der Waals surface area contributed by atoms with E-state index in [1.807, 2.05) is 23.1 Å². The highest BCUT2D eigenvalue weighted by Crippen LogP contribution is 2.28. The zero-order chi connectivity index (χ0) is 21.3. The number of benzene rings is 2. The first-order valence-electron chi connectivity index (χ1n) is 9.69. The van der Waals surface area contributed by atoms with Crippen LogP contribution < -0.4 is 15.0 Å². The van der Waals surface area contributed by atoms with Gasteiger partial charge >= 0.3 is 5.97 Å². The van der Waals surface area contributed by atoms with Gasteiger partial charge in [0.15, 0.2) is 6.61 Å². The van der Waals surface area contributed by atoms with Crippen LogP contribution in [0.15, 0.2) is 48.5 Å². The first kappa shape index (κ1) is 21.1. The Hall–Kier alpha value is -3.62. The zero-order valence-electron chi connectivity index (χ0n) is 16.4. The van der Waals surface area contributed by atoms with Crippen LogP contribution in [0.4, 0.5) is 11.4 Å². The highest BCUT2D eigenvalue weighted by molar-refractivity contribution is 5.97. The molecule has 2 aromatic rings. The third-order valence-corrected chi connectivity index (χ3v) is 4.63. The molecule has 0 unspecified atom stereocenters. The average molecular weight is 413 g/mol. The molecule has 30 heavy (non-hydrogen) atoms. The lowest BCUT2D eigenvalue weighted by Crippen LogP contribution is -2.32. The third-order valence-electron chi connectivity index (χ3n) is 4.63. The minimum Gasteiger partial charge on any atom is -0.492 e. The van der Waals surface area contributed by atoms with Crippen molar-refractivity contribution in [3.8, 4) is 5.75 Å². The van der Waals surface area contributed by atoms with E-state index in [4.69, 9.17) is 9.47 Å². The minimum absolute atomic E-state index is 0.0892. The van der Waals surface area contributed by atoms with Gasteiger partial charge in [-0.25, -0.2) is 4.79 Å². The Morgan fingerprint density at radius 1 is 1.10 bits per heavy atom. The second kappa shape index (κ2) is 10.2. The van der Waals surface area contributed by atoms with Crippen molar-refractivity contribution in [1.82, 2.24) is 5.32 Å². The number of hydrogen-bond donors (Lipinski definition) is 1. The zero-order valence-corrected chi connectivity index (χ0v) is 16.4. The molecule has 1 heterocycles. The number of ether oxygens (including phenoxy) is 2. The summed E-state index contributed by atoms with van der Waals surface area (Å²) in [6.45, 7) is 1.57. The summed E-state index contributed by atoms with van der Waals surface area (Å²) >= 11 is 0. The first-order valence-corrected chi connectivity index (χ1v) is 9.69. The summed E-state index contributed by atoms with van der Waals surface area (Å²) in [5.41, 5.74) is 0.471. The lowest BCUT2D eigenvalue weighted by Gasteiger charge is -2.20. The van der Waals surface area contributed by atoms with Crippen LogP contribution in [-0.2, 0) is 9.53 Å². The van der Waals surface area contributed by atoms with Crippen molar-refractivity contribution in [2.45, 2.75) is 12.8 Å². The van der Waals surface area contributed by atoms with Gasteiger partial charge in [0, 0.05) is 25.2 Å². The molecule has 1 amide bonds. The van der Waals surface area contributed by atoms with E-state index in [-0.39, 0.29) is 24.4 Å². The Kier molecular flexibility index (Phi) is 7.20. The van der Waals surface area contributed by atoms with Crippen molar-refractivity contribution in [2.75, 3.05) is 37.7 Å². The Morgan fingerprint density at radius 3 is 2.53 bits per heavy atom. The normalized spacial score (nSPS) is 13.0. The molecule has 0 aliphatic carbocycles. The van der Waals surface area contributed by atoms with Crippen molar-refractivity contribution in [1.29, 1.82) is 0 Å². The number of amides is 1. The minimum atomic E-state index is -0.767. The summed E-state index contributed by atoms with van der Waals surface area (Å²) in [7, 11) is 0. The summed E-state index contributed by atoms with van der Waals surface area (Å²) in [6, 6.07) is 13.3. The molecule has 0 spiro atoms. The molecule has 0 aromatic heterocycles. The standard InChI is InChI=1S/C21H23N3O6/c25-20(22-10-13-29-17-6-2-1-3-7-17)15-30-21(26)18-14-16(24(27)28)8-9-19(18)23-11-4-5-12-23/h1-3,6-9,14H,4-5,10-13,15H2,(H,22,25). The van der Waals surface area contributed by atoms with E-state index in [2.05, 4.69) is 5.32 Å². The van der Waals surface area contributed by atoms with Gasteiger partial charge in [-0.15, -0.1) is 0 Å². The highest BCUT2D eigenvalue weighted by atomic mass is 16.6. The van der Waals surface area contributed by atoms with Gasteiger partial charge in [0.2, 0.25) is 0 Å². The Labute approximate surface area is 173 Å². The number of para-hydroxylation sites is 1. The molecular weight excluding hydrogens is 390 g/mol. The van der Waals surface area contributed by atoms with Gasteiger partial charge in [0.1, 0.15) is 12.4 Å². The monoisotopic (exact) mass is 413 g/mol. The van der Waals surface area contributed by atoms with E-state index in [1.54, 1.807) is 18.2 Å². The maximum atomic E-state index is 12.5. The summed E-state index contributed by atoms with van der Waals surface area (Å²) < 4.78 is 10.6. The van der Waals surface area contributed by atoms with E-state index in [1.165, 1.54) is 12.1 Å². The van der Waals surface area contributed by atoms with Gasteiger partial charge in [-0.05, 0) is 31.0 Å². The Bertz CT molecular complexity index is 897. The molecule has 1 N–H and O–H groups in total. The summed E-state index contributed by atoms with van der Waals surface area (Å²) in [5.74, 6) is -0.553. The van der Waals surface area contributed by atoms with Crippen molar-refractivity contribution >= 4 is 23.3 Å². The number of nitrogens with one attached hydrogen (secondary N) is 1. The van der Waals surface area contributed by atoms with Crippen LogP contribution in [0, 0.1) is 10.1 Å². The highest BCUT2D eigenvalue weighted by Gasteiger charge is 2.24. The van der Waals surface area contributed by atoms with Gasteiger partial charge in [0.05, 0.1) is 22.7 Å². The van der Waals surface area contributed by atoms with Crippen LogP contribution in [0.3, 0.4) is 0 Å². The van der Waals surface area contributed by atoms with Crippen LogP contribution in [0.5, 0.6) is 5.75 Å². The molecule has 9 nitrogen and oxygen atoms in total. The van der Waals surface area contributed by atoms with Gasteiger partial charge in [-0.3, -0.25) is 14.9 Å². The number of nitrogens with zero attached hydrogens (tertiary/aromatic N) is 2. The lowest BCUT2D eigenvalue weighted by atomic mass is 10.1. The number of hydrogen-bond acceptors (Lipinski definition) is 7. The average Bonchev–Trinajstić information content (AvgIpc) is 3.30. The number of anilines is 1. The quantitative estimate of drug-likeness (QED) is 0.291. The van der Waals surface area contributed by atoms with Crippen LogP contribution in [0.1, 0.15) is 23.2 Å². The van der Waals surface area contributed by atoms with Gasteiger partial charge in [-0.1, -0.05) is 18.2 Å². The number of rotatable bonds is 9. The van der Waals surface area contributed by atoms with Crippen LogP contribution in [0.25, 0.3) is 0 Å². The van der Waals surface area contributed by atoms with Crippen LogP contribution >= 0.6 is 0 Å². The van der Waals surface area contributed by atoms with E-state index >= 15 is 0 Å². The van der Waals surface area contributed by atoms with E-state index in [0.717, 1.165) is 25.9 Å². The van der Waals surface area contributed by atoms with Crippen molar-refractivity contribution in [2.24, 2.45) is 0 Å². The molecule has 0 radical (unpaired) electrons. The van der Waals surface area contributed by atoms with Gasteiger partial charge in [-0.2, -0.15) is 0 Å². The molecule has 1 fully saturated rings. The maximum absolute atomic E-state index is 12.5. The van der Waals surface area contributed by atoms with Crippen LogP contribution in [-0.4, -0.2) is 49.6 Å². The summed E-state index contributed by atoms with van der Waals surface area (Å²) in [5, 5.41) is 13.7. The number of non-ortho nitro benzene ring substituents is 1. The molecular formula is C21H23N3O6. The fourth-order valence-electron chi connectivity index (χ4n) is 3.17. The largest absolute Gasteiger partial charge is 0.492 e. The second-order valence-electron chi connectivity index (χ2n) is 6.74. The smallest absolute Gasteiger partial charge is 0.341 e. The summed E-state index contributed by atoms with van der Waals surface area (Å²) in [6.07, 6.45) is 1.97. The Morgan fingerprint density at radius 2 is 1.83 bits per heavy atom. The number of carbonyl (C=O) groups excluding carboxylic acids is 2. The van der Waals surface area contributed by atoms with E-state index in [9.17, 15) is 19.7 Å². The predicted octanol–water partition coefficient (Wildman–Crippen LogP) is 2.55. The second-order valence-corrected chi connectivity index (χ2v) is 6.74. The van der Waals surface area contributed by atoms with Crippen molar-refractivity contribution < 1.29 is 24.0 Å². The van der Waals surface area contributed by atoms with E-state index in [0.29, 0.717) is 11.4 Å². The van der Waals surface area contributed by atoms with Crippen LogP contribution in [0.2, 0.25) is 0 Å². The molecule has 2 aromatic carbocycles. The number of carbonyl (C=O) groups is 2. The van der Waals surface area contributed by atoms with Gasteiger partial charge in [0.25, 0.3) is 11.6 Å². The summed E-state index contributed by atoms with van der Waals surface area (Å²) in [4.78, 5) is 37.0.